The highest BCUT2D eigenvalue weighted by Crippen LogP contribution is 2.21. The molecule has 22 heavy (non-hydrogen) atoms. The van der Waals surface area contributed by atoms with Gasteiger partial charge in [-0.1, -0.05) is 82.0 Å². The molecule has 124 valence electrons. The molecule has 0 aliphatic heterocycles. The van der Waals surface area contributed by atoms with Gasteiger partial charge < -0.3 is 5.11 Å². The zero-order chi connectivity index (χ0) is 16.0. The van der Waals surface area contributed by atoms with Gasteiger partial charge in [-0.15, -0.1) is 0 Å². The standard InChI is InChI=1S/C19H31NO2/c1-2-3-4-5-6-7-8-9-10-11-12-17-13-14-18(16-20-22)19(21)15-17/h13-15,21H,2-12,16H2,1H3. The summed E-state index contributed by atoms with van der Waals surface area (Å²) >= 11 is 0. The lowest BCUT2D eigenvalue weighted by molar-refractivity contribution is 0.467. The van der Waals surface area contributed by atoms with Gasteiger partial charge in [-0.3, -0.25) is 0 Å². The van der Waals surface area contributed by atoms with E-state index in [4.69, 9.17) is 0 Å². The number of phenolic OH excluding ortho intramolecular Hbond substituents is 1. The zero-order valence-electron chi connectivity index (χ0n) is 14.0. The first kappa shape index (κ1) is 18.7. The summed E-state index contributed by atoms with van der Waals surface area (Å²) in [4.78, 5) is 10.2. The van der Waals surface area contributed by atoms with Crippen LogP contribution in [-0.2, 0) is 13.0 Å². The summed E-state index contributed by atoms with van der Waals surface area (Å²) < 4.78 is 0. The van der Waals surface area contributed by atoms with E-state index < -0.39 is 0 Å². The maximum Gasteiger partial charge on any atom is 0.121 e. The van der Waals surface area contributed by atoms with Crippen LogP contribution >= 0.6 is 0 Å². The Labute approximate surface area is 135 Å². The van der Waals surface area contributed by atoms with Crippen molar-refractivity contribution in [3.63, 3.8) is 0 Å². The lowest BCUT2D eigenvalue weighted by Gasteiger charge is -2.05. The molecule has 0 spiro atoms. The predicted molar refractivity (Wildman–Crippen MR) is 93.2 cm³/mol. The SMILES string of the molecule is CCCCCCCCCCCCc1ccc(CN=O)c(O)c1. The molecule has 3 nitrogen and oxygen atoms in total. The van der Waals surface area contributed by atoms with Gasteiger partial charge >= 0.3 is 0 Å². The van der Waals surface area contributed by atoms with E-state index in [9.17, 15) is 10.0 Å². The molecule has 0 saturated heterocycles. The highest BCUT2D eigenvalue weighted by atomic mass is 16.3. The zero-order valence-corrected chi connectivity index (χ0v) is 14.0. The van der Waals surface area contributed by atoms with E-state index in [1.54, 1.807) is 6.07 Å². The van der Waals surface area contributed by atoms with Crippen LogP contribution in [0.4, 0.5) is 0 Å². The lowest BCUT2D eigenvalue weighted by Crippen LogP contribution is -1.89. The summed E-state index contributed by atoms with van der Waals surface area (Å²) in [5.41, 5.74) is 1.76. The summed E-state index contributed by atoms with van der Waals surface area (Å²) in [5.74, 6) is 0.198. The quantitative estimate of drug-likeness (QED) is 0.352. The molecule has 0 radical (unpaired) electrons. The normalized spacial score (nSPS) is 10.8. The Morgan fingerprint density at radius 1 is 0.909 bits per heavy atom. The molecule has 0 bridgehead atoms. The van der Waals surface area contributed by atoms with Gasteiger partial charge in [0.15, 0.2) is 0 Å². The molecular weight excluding hydrogens is 274 g/mol. The Bertz CT molecular complexity index is 418. The Morgan fingerprint density at radius 3 is 2.05 bits per heavy atom. The predicted octanol–water partition coefficient (Wildman–Crippen LogP) is 6.12. The first-order valence-corrected chi connectivity index (χ1v) is 8.87. The third kappa shape index (κ3) is 8.16. The number of hydrogen-bond acceptors (Lipinski definition) is 3. The molecule has 0 heterocycles. The molecule has 0 aromatic heterocycles. The molecule has 3 heteroatoms. The van der Waals surface area contributed by atoms with Gasteiger partial charge in [0.05, 0.1) is 0 Å². The number of nitrogens with zero attached hydrogens (tertiary/aromatic N) is 1. The fourth-order valence-electron chi connectivity index (χ4n) is 2.78. The molecule has 0 unspecified atom stereocenters. The molecule has 0 fully saturated rings. The summed E-state index contributed by atoms with van der Waals surface area (Å²) in [6, 6.07) is 5.57. The van der Waals surface area contributed by atoms with Crippen LogP contribution in [0.5, 0.6) is 5.75 Å². The molecule has 0 saturated carbocycles. The van der Waals surface area contributed by atoms with Gasteiger partial charge in [-0.05, 0) is 24.5 Å². The number of nitroso groups, excluding NO2 is 1. The Balaban J connectivity index is 2.05. The molecule has 1 rings (SSSR count). The number of rotatable bonds is 13. The minimum Gasteiger partial charge on any atom is -0.508 e. The Morgan fingerprint density at radius 2 is 1.50 bits per heavy atom. The molecule has 0 amide bonds. The van der Waals surface area contributed by atoms with Crippen LogP contribution < -0.4 is 0 Å². The molecule has 0 aliphatic rings. The number of aromatic hydroxyl groups is 1. The van der Waals surface area contributed by atoms with E-state index in [1.165, 1.54) is 64.2 Å². The molecule has 1 aromatic rings. The van der Waals surface area contributed by atoms with Crippen molar-refractivity contribution in [2.24, 2.45) is 5.18 Å². The minimum atomic E-state index is 0.0460. The van der Waals surface area contributed by atoms with Crippen LogP contribution in [0.25, 0.3) is 0 Å². The number of unbranched alkanes of at least 4 members (excludes halogenated alkanes) is 9. The molecular formula is C19H31NO2. The van der Waals surface area contributed by atoms with Crippen LogP contribution in [0.1, 0.15) is 82.3 Å². The monoisotopic (exact) mass is 305 g/mol. The van der Waals surface area contributed by atoms with Crippen LogP contribution in [-0.4, -0.2) is 5.11 Å². The van der Waals surface area contributed by atoms with E-state index in [0.29, 0.717) is 5.56 Å². The molecule has 0 atom stereocenters. The summed E-state index contributed by atoms with van der Waals surface area (Å²) in [7, 11) is 0. The van der Waals surface area contributed by atoms with Crippen molar-refractivity contribution >= 4 is 0 Å². The van der Waals surface area contributed by atoms with Crippen molar-refractivity contribution in [3.05, 3.63) is 34.2 Å². The van der Waals surface area contributed by atoms with Crippen molar-refractivity contribution in [3.8, 4) is 5.75 Å². The minimum absolute atomic E-state index is 0.0460. The van der Waals surface area contributed by atoms with Crippen LogP contribution in [0.3, 0.4) is 0 Å². The fourth-order valence-corrected chi connectivity index (χ4v) is 2.78. The van der Waals surface area contributed by atoms with Gasteiger partial charge in [0.25, 0.3) is 0 Å². The average Bonchev–Trinajstić information content (AvgIpc) is 2.52. The Kier molecular flexibility index (Phi) is 10.3. The van der Waals surface area contributed by atoms with Crippen molar-refractivity contribution in [2.45, 2.75) is 84.1 Å². The van der Waals surface area contributed by atoms with E-state index in [2.05, 4.69) is 12.1 Å². The van der Waals surface area contributed by atoms with Gasteiger partial charge in [0.1, 0.15) is 12.3 Å². The van der Waals surface area contributed by atoms with E-state index in [-0.39, 0.29) is 12.3 Å². The highest BCUT2D eigenvalue weighted by Gasteiger charge is 2.03. The van der Waals surface area contributed by atoms with E-state index in [1.807, 2.05) is 12.1 Å². The molecule has 1 aromatic carbocycles. The molecule has 0 aliphatic carbocycles. The van der Waals surface area contributed by atoms with Crippen molar-refractivity contribution < 1.29 is 5.11 Å². The van der Waals surface area contributed by atoms with Crippen LogP contribution in [0.15, 0.2) is 23.4 Å². The van der Waals surface area contributed by atoms with E-state index >= 15 is 0 Å². The lowest BCUT2D eigenvalue weighted by atomic mass is 10.0. The van der Waals surface area contributed by atoms with Crippen LogP contribution in [0, 0.1) is 4.91 Å². The van der Waals surface area contributed by atoms with E-state index in [0.717, 1.165) is 12.0 Å². The second-order valence-electron chi connectivity index (χ2n) is 6.18. The number of phenols is 1. The summed E-state index contributed by atoms with van der Waals surface area (Å²) in [6.07, 6.45) is 14.3. The number of aryl methyl sites for hydroxylation is 1. The van der Waals surface area contributed by atoms with Crippen molar-refractivity contribution in [2.75, 3.05) is 0 Å². The summed E-state index contributed by atoms with van der Waals surface area (Å²) in [5, 5.41) is 12.6. The maximum atomic E-state index is 10.2. The average molecular weight is 305 g/mol. The smallest absolute Gasteiger partial charge is 0.121 e. The first-order chi connectivity index (χ1) is 10.8. The van der Waals surface area contributed by atoms with Crippen molar-refractivity contribution in [1.82, 2.24) is 0 Å². The van der Waals surface area contributed by atoms with Crippen LogP contribution in [0.2, 0.25) is 0 Å². The third-order valence-corrected chi connectivity index (χ3v) is 4.20. The van der Waals surface area contributed by atoms with Gasteiger partial charge in [0, 0.05) is 5.56 Å². The number of benzene rings is 1. The second-order valence-corrected chi connectivity index (χ2v) is 6.18. The van der Waals surface area contributed by atoms with Gasteiger partial charge in [-0.2, -0.15) is 4.91 Å². The largest absolute Gasteiger partial charge is 0.508 e. The van der Waals surface area contributed by atoms with Gasteiger partial charge in [-0.25, -0.2) is 0 Å². The number of hydrogen-bond donors (Lipinski definition) is 1. The van der Waals surface area contributed by atoms with Gasteiger partial charge in [0.2, 0.25) is 0 Å². The second kappa shape index (κ2) is 12.2. The summed E-state index contributed by atoms with van der Waals surface area (Å²) in [6.45, 7) is 2.30. The topological polar surface area (TPSA) is 49.7 Å². The Hall–Kier alpha value is -1.38. The first-order valence-electron chi connectivity index (χ1n) is 8.87. The van der Waals surface area contributed by atoms with Crippen molar-refractivity contribution in [1.29, 1.82) is 0 Å². The maximum absolute atomic E-state index is 10.2. The molecule has 1 N–H and O–H groups in total. The fraction of sp³-hybridized carbons (Fsp3) is 0.684. The third-order valence-electron chi connectivity index (χ3n) is 4.20. The highest BCUT2D eigenvalue weighted by molar-refractivity contribution is 5.36.